The minimum absolute atomic E-state index is 0.223. The van der Waals surface area contributed by atoms with E-state index in [2.05, 4.69) is 15.0 Å². The highest BCUT2D eigenvalue weighted by molar-refractivity contribution is 6.28. The van der Waals surface area contributed by atoms with Gasteiger partial charge in [0.05, 0.1) is 0 Å². The fourth-order valence-corrected chi connectivity index (χ4v) is 3.08. The van der Waals surface area contributed by atoms with Crippen molar-refractivity contribution < 1.29 is 0 Å². The molecule has 80 valence electrons. The van der Waals surface area contributed by atoms with Crippen molar-refractivity contribution in [2.75, 3.05) is 5.73 Å². The lowest BCUT2D eigenvalue weighted by Gasteiger charge is -2.04. The third kappa shape index (κ3) is 1.57. The van der Waals surface area contributed by atoms with Gasteiger partial charge in [0.15, 0.2) is 0 Å². The molecule has 0 amide bonds. The summed E-state index contributed by atoms with van der Waals surface area (Å²) >= 11 is 5.78. The molecule has 2 saturated carbocycles. The van der Waals surface area contributed by atoms with E-state index >= 15 is 0 Å². The first-order valence-electron chi connectivity index (χ1n) is 5.42. The van der Waals surface area contributed by atoms with Gasteiger partial charge in [-0.05, 0) is 36.3 Å². The van der Waals surface area contributed by atoms with E-state index in [1.165, 1.54) is 25.7 Å². The van der Waals surface area contributed by atoms with Crippen LogP contribution in [0, 0.1) is 11.8 Å². The van der Waals surface area contributed by atoms with Gasteiger partial charge in [-0.15, -0.1) is 0 Å². The number of nitrogens with two attached hydrogens (primary N) is 1. The van der Waals surface area contributed by atoms with Gasteiger partial charge in [-0.2, -0.15) is 9.97 Å². The van der Waals surface area contributed by atoms with Crippen molar-refractivity contribution in [1.29, 1.82) is 0 Å². The number of rotatable bonds is 1. The Labute approximate surface area is 93.3 Å². The smallest absolute Gasteiger partial charge is 0.227 e. The van der Waals surface area contributed by atoms with E-state index in [4.69, 9.17) is 17.3 Å². The molecule has 1 aromatic heterocycles. The largest absolute Gasteiger partial charge is 0.368 e. The van der Waals surface area contributed by atoms with Crippen LogP contribution in [-0.2, 0) is 0 Å². The lowest BCUT2D eigenvalue weighted by atomic mass is 10.0. The molecule has 2 aliphatic rings. The molecule has 0 saturated heterocycles. The number of hydrogen-bond acceptors (Lipinski definition) is 4. The van der Waals surface area contributed by atoms with Gasteiger partial charge in [0.25, 0.3) is 0 Å². The second-order valence-corrected chi connectivity index (χ2v) is 4.80. The van der Waals surface area contributed by atoms with Crippen molar-refractivity contribution in [2.45, 2.75) is 31.6 Å². The maximum Gasteiger partial charge on any atom is 0.227 e. The zero-order valence-electron chi connectivity index (χ0n) is 8.36. The summed E-state index contributed by atoms with van der Waals surface area (Å²) in [5.41, 5.74) is 5.57. The Morgan fingerprint density at radius 2 is 1.73 bits per heavy atom. The van der Waals surface area contributed by atoms with Crippen LogP contribution in [0.1, 0.15) is 37.4 Å². The molecule has 1 heterocycles. The maximum atomic E-state index is 5.78. The fraction of sp³-hybridized carbons (Fsp3) is 0.700. The second-order valence-electron chi connectivity index (χ2n) is 4.46. The van der Waals surface area contributed by atoms with Gasteiger partial charge in [-0.3, -0.25) is 0 Å². The number of nitrogen functional groups attached to an aromatic ring is 1. The van der Waals surface area contributed by atoms with Crippen molar-refractivity contribution >= 4 is 17.5 Å². The summed E-state index contributed by atoms with van der Waals surface area (Å²) in [6.45, 7) is 0. The third-order valence-electron chi connectivity index (χ3n) is 3.60. The average molecular weight is 225 g/mol. The molecule has 0 radical (unpaired) electrons. The summed E-state index contributed by atoms with van der Waals surface area (Å²) < 4.78 is 0. The summed E-state index contributed by atoms with van der Waals surface area (Å²) in [6.07, 6.45) is 5.29. The molecular weight excluding hydrogens is 212 g/mol. The Balaban J connectivity index is 1.88. The summed E-state index contributed by atoms with van der Waals surface area (Å²) in [4.78, 5) is 12.2. The van der Waals surface area contributed by atoms with Crippen LogP contribution in [0.5, 0.6) is 0 Å². The van der Waals surface area contributed by atoms with Gasteiger partial charge >= 0.3 is 0 Å². The number of halogens is 1. The standard InChI is InChI=1S/C10H13ClN4/c11-9-13-8(14-10(12)15-9)7-5-3-1-2-4-6(5)7/h5-7H,1-4H2,(H2,12,13,14,15). The second kappa shape index (κ2) is 3.30. The normalized spacial score (nSPS) is 33.5. The van der Waals surface area contributed by atoms with Crippen LogP contribution in [0.3, 0.4) is 0 Å². The molecule has 0 aromatic carbocycles. The van der Waals surface area contributed by atoms with Gasteiger partial charge < -0.3 is 5.73 Å². The van der Waals surface area contributed by atoms with Gasteiger partial charge in [0.1, 0.15) is 5.82 Å². The van der Waals surface area contributed by atoms with Crippen molar-refractivity contribution in [3.63, 3.8) is 0 Å². The first kappa shape index (κ1) is 9.33. The third-order valence-corrected chi connectivity index (χ3v) is 3.77. The fourth-order valence-electron chi connectivity index (χ4n) is 2.91. The Bertz CT molecular complexity index is 363. The number of anilines is 1. The van der Waals surface area contributed by atoms with Crippen molar-refractivity contribution in [2.24, 2.45) is 11.8 Å². The summed E-state index contributed by atoms with van der Waals surface area (Å²) in [7, 11) is 0. The van der Waals surface area contributed by atoms with E-state index in [1.807, 2.05) is 0 Å². The van der Waals surface area contributed by atoms with Crippen LogP contribution in [0.4, 0.5) is 5.95 Å². The minimum atomic E-state index is 0.223. The molecule has 1 aromatic rings. The van der Waals surface area contributed by atoms with Crippen molar-refractivity contribution in [1.82, 2.24) is 15.0 Å². The maximum absolute atomic E-state index is 5.78. The molecule has 2 unspecified atom stereocenters. The summed E-state index contributed by atoms with van der Waals surface area (Å²) in [6, 6.07) is 0. The highest BCUT2D eigenvalue weighted by atomic mass is 35.5. The molecular formula is C10H13ClN4. The van der Waals surface area contributed by atoms with Gasteiger partial charge in [-0.1, -0.05) is 12.8 Å². The Kier molecular flexibility index (Phi) is 2.06. The summed E-state index contributed by atoms with van der Waals surface area (Å²) in [5.74, 6) is 3.10. The summed E-state index contributed by atoms with van der Waals surface area (Å²) in [5, 5.41) is 0.223. The predicted octanol–water partition coefficient (Wildman–Crippen LogP) is 2.01. The van der Waals surface area contributed by atoms with Crippen LogP contribution in [0.15, 0.2) is 0 Å². The molecule has 2 N–H and O–H groups in total. The lowest BCUT2D eigenvalue weighted by molar-refractivity contribution is 0.480. The van der Waals surface area contributed by atoms with E-state index in [1.54, 1.807) is 0 Å². The molecule has 4 nitrogen and oxygen atoms in total. The minimum Gasteiger partial charge on any atom is -0.368 e. The van der Waals surface area contributed by atoms with Crippen LogP contribution in [0.2, 0.25) is 5.28 Å². The monoisotopic (exact) mass is 224 g/mol. The number of nitrogens with zero attached hydrogens (tertiary/aromatic N) is 3. The molecule has 5 heteroatoms. The number of hydrogen-bond donors (Lipinski definition) is 1. The molecule has 0 bridgehead atoms. The highest BCUT2D eigenvalue weighted by Gasteiger charge is 2.53. The zero-order valence-corrected chi connectivity index (χ0v) is 9.11. The lowest BCUT2D eigenvalue weighted by Crippen LogP contribution is -2.02. The van der Waals surface area contributed by atoms with E-state index in [9.17, 15) is 0 Å². The molecule has 2 aliphatic carbocycles. The molecule has 2 fully saturated rings. The van der Waals surface area contributed by atoms with Crippen LogP contribution < -0.4 is 5.73 Å². The van der Waals surface area contributed by atoms with Gasteiger partial charge in [0.2, 0.25) is 11.2 Å². The highest BCUT2D eigenvalue weighted by Crippen LogP contribution is 2.60. The number of aromatic nitrogens is 3. The van der Waals surface area contributed by atoms with E-state index in [0.717, 1.165) is 17.7 Å². The molecule has 3 rings (SSSR count). The van der Waals surface area contributed by atoms with Gasteiger partial charge in [-0.25, -0.2) is 4.98 Å². The molecule has 15 heavy (non-hydrogen) atoms. The Hall–Kier alpha value is -0.900. The molecule has 0 aliphatic heterocycles. The first-order valence-corrected chi connectivity index (χ1v) is 5.80. The predicted molar refractivity (Wildman–Crippen MR) is 57.4 cm³/mol. The SMILES string of the molecule is Nc1nc(Cl)nc(C2C3CCCCC32)n1. The van der Waals surface area contributed by atoms with Crippen LogP contribution >= 0.6 is 11.6 Å². The van der Waals surface area contributed by atoms with Crippen molar-refractivity contribution in [3.8, 4) is 0 Å². The average Bonchev–Trinajstić information content (AvgIpc) is 2.89. The number of fused-ring (bicyclic) bond motifs is 1. The van der Waals surface area contributed by atoms with E-state index in [-0.39, 0.29) is 11.2 Å². The van der Waals surface area contributed by atoms with Crippen molar-refractivity contribution in [3.05, 3.63) is 11.1 Å². The zero-order chi connectivity index (χ0) is 10.4. The molecule has 0 spiro atoms. The van der Waals surface area contributed by atoms with Crippen LogP contribution in [-0.4, -0.2) is 15.0 Å². The Morgan fingerprint density at radius 1 is 1.07 bits per heavy atom. The topological polar surface area (TPSA) is 64.7 Å². The van der Waals surface area contributed by atoms with Gasteiger partial charge in [0, 0.05) is 5.92 Å². The Morgan fingerprint density at radius 3 is 2.33 bits per heavy atom. The quantitative estimate of drug-likeness (QED) is 0.793. The van der Waals surface area contributed by atoms with Crippen LogP contribution in [0.25, 0.3) is 0 Å². The van der Waals surface area contributed by atoms with E-state index in [0.29, 0.717) is 5.92 Å². The van der Waals surface area contributed by atoms with E-state index < -0.39 is 0 Å². The molecule has 2 atom stereocenters. The first-order chi connectivity index (χ1) is 7.25.